The number of methoxy groups -OCH3 is 1. The monoisotopic (exact) mass is 343 g/mol. The second-order valence-electron chi connectivity index (χ2n) is 5.23. The normalized spacial score (nSPS) is 13.2. The maximum absolute atomic E-state index is 12.5. The molecule has 3 rings (SSSR count). The van der Waals surface area contributed by atoms with E-state index in [1.807, 2.05) is 16.8 Å². The molecule has 3 aromatic rings. The van der Waals surface area contributed by atoms with Gasteiger partial charge >= 0.3 is 0 Å². The number of hydrogen-bond donors (Lipinski definition) is 2. The topological polar surface area (TPSA) is 71.7 Å². The predicted octanol–water partition coefficient (Wildman–Crippen LogP) is 3.02. The third-order valence-corrected chi connectivity index (χ3v) is 4.47. The summed E-state index contributed by atoms with van der Waals surface area (Å²) in [6.45, 7) is -0.0197. The molecule has 6 heteroatoms. The van der Waals surface area contributed by atoms with Crippen LogP contribution in [0.1, 0.15) is 21.7 Å². The Morgan fingerprint density at radius 2 is 2.12 bits per heavy atom. The summed E-state index contributed by atoms with van der Waals surface area (Å²) in [5, 5.41) is 17.6. The summed E-state index contributed by atoms with van der Waals surface area (Å²) in [6, 6.07) is 12.1. The average Bonchev–Trinajstić information content (AvgIpc) is 3.33. The standard InChI is InChI=1S/C18H17NO4S/c1-22-15-6-3-2-5-14(15)17(20)19-12-18(21,13-8-10-24-11-13)16-7-4-9-23-16/h2-11,21H,12H2,1H3,(H,19,20). The molecule has 5 nitrogen and oxygen atoms in total. The van der Waals surface area contributed by atoms with Crippen molar-refractivity contribution in [1.82, 2.24) is 5.32 Å². The van der Waals surface area contributed by atoms with E-state index in [-0.39, 0.29) is 12.5 Å². The number of carbonyl (C=O) groups is 1. The maximum atomic E-state index is 12.5. The first-order valence-electron chi connectivity index (χ1n) is 7.35. The van der Waals surface area contributed by atoms with Gasteiger partial charge in [-0.15, -0.1) is 0 Å². The molecule has 0 radical (unpaired) electrons. The minimum absolute atomic E-state index is 0.0197. The Morgan fingerprint density at radius 3 is 2.79 bits per heavy atom. The van der Waals surface area contributed by atoms with E-state index in [1.54, 1.807) is 36.4 Å². The molecule has 1 amide bonds. The molecular weight excluding hydrogens is 326 g/mol. The number of thiophene rings is 1. The zero-order chi connectivity index (χ0) is 17.0. The Bertz CT molecular complexity index is 762. The summed E-state index contributed by atoms with van der Waals surface area (Å²) >= 11 is 1.47. The summed E-state index contributed by atoms with van der Waals surface area (Å²) < 4.78 is 10.6. The molecule has 0 aliphatic carbocycles. The van der Waals surface area contributed by atoms with Crippen molar-refractivity contribution in [2.45, 2.75) is 5.60 Å². The molecule has 24 heavy (non-hydrogen) atoms. The molecule has 1 unspecified atom stereocenters. The van der Waals surface area contributed by atoms with E-state index in [0.717, 1.165) is 0 Å². The number of amides is 1. The van der Waals surface area contributed by atoms with Crippen LogP contribution >= 0.6 is 11.3 Å². The number of ether oxygens (including phenoxy) is 1. The van der Waals surface area contributed by atoms with Gasteiger partial charge in [-0.1, -0.05) is 12.1 Å². The van der Waals surface area contributed by atoms with E-state index in [2.05, 4.69) is 5.32 Å². The van der Waals surface area contributed by atoms with E-state index in [4.69, 9.17) is 9.15 Å². The van der Waals surface area contributed by atoms with E-state index >= 15 is 0 Å². The molecule has 0 saturated heterocycles. The van der Waals surface area contributed by atoms with Crippen molar-refractivity contribution >= 4 is 17.2 Å². The van der Waals surface area contributed by atoms with E-state index < -0.39 is 5.60 Å². The van der Waals surface area contributed by atoms with Crippen molar-refractivity contribution in [3.63, 3.8) is 0 Å². The summed E-state index contributed by atoms with van der Waals surface area (Å²) in [5.74, 6) is 0.529. The molecule has 0 fully saturated rings. The highest BCUT2D eigenvalue weighted by Gasteiger charge is 2.35. The Hall–Kier alpha value is -2.57. The molecule has 1 aromatic carbocycles. The van der Waals surface area contributed by atoms with Crippen LogP contribution in [0.2, 0.25) is 0 Å². The zero-order valence-corrected chi connectivity index (χ0v) is 13.9. The number of benzene rings is 1. The van der Waals surface area contributed by atoms with Crippen molar-refractivity contribution < 1.29 is 19.1 Å². The fourth-order valence-electron chi connectivity index (χ4n) is 2.48. The van der Waals surface area contributed by atoms with Gasteiger partial charge < -0.3 is 19.6 Å². The van der Waals surface area contributed by atoms with Crippen molar-refractivity contribution in [3.8, 4) is 5.75 Å². The Morgan fingerprint density at radius 1 is 1.29 bits per heavy atom. The second-order valence-corrected chi connectivity index (χ2v) is 6.01. The summed E-state index contributed by atoms with van der Waals surface area (Å²) in [5.41, 5.74) is -0.351. The molecule has 2 aromatic heterocycles. The quantitative estimate of drug-likeness (QED) is 0.722. The molecule has 0 spiro atoms. The summed E-state index contributed by atoms with van der Waals surface area (Å²) in [7, 11) is 1.51. The third-order valence-electron chi connectivity index (χ3n) is 3.78. The minimum Gasteiger partial charge on any atom is -0.496 e. The van der Waals surface area contributed by atoms with E-state index in [9.17, 15) is 9.90 Å². The predicted molar refractivity (Wildman–Crippen MR) is 91.4 cm³/mol. The largest absolute Gasteiger partial charge is 0.496 e. The van der Waals surface area contributed by atoms with Crippen LogP contribution in [-0.4, -0.2) is 24.7 Å². The Balaban J connectivity index is 1.83. The molecule has 2 heterocycles. The second kappa shape index (κ2) is 6.90. The van der Waals surface area contributed by atoms with Gasteiger partial charge in [0.1, 0.15) is 11.5 Å². The lowest BCUT2D eigenvalue weighted by Crippen LogP contribution is -2.41. The van der Waals surface area contributed by atoms with Crippen LogP contribution in [0.15, 0.2) is 63.9 Å². The van der Waals surface area contributed by atoms with Gasteiger partial charge in [-0.05, 0) is 41.1 Å². The average molecular weight is 343 g/mol. The van der Waals surface area contributed by atoms with Crippen molar-refractivity contribution in [2.75, 3.05) is 13.7 Å². The highest BCUT2D eigenvalue weighted by atomic mass is 32.1. The SMILES string of the molecule is COc1ccccc1C(=O)NCC(O)(c1ccsc1)c1ccco1. The number of aliphatic hydroxyl groups is 1. The highest BCUT2D eigenvalue weighted by molar-refractivity contribution is 7.08. The number of furan rings is 1. The number of rotatable bonds is 6. The molecular formula is C18H17NO4S. The van der Waals surface area contributed by atoms with Crippen molar-refractivity contribution in [2.24, 2.45) is 0 Å². The third kappa shape index (κ3) is 3.06. The van der Waals surface area contributed by atoms with Gasteiger partial charge in [0.05, 0.1) is 25.5 Å². The van der Waals surface area contributed by atoms with E-state index in [0.29, 0.717) is 22.6 Å². The van der Waals surface area contributed by atoms with Gasteiger partial charge in [0, 0.05) is 5.56 Å². The first kappa shape index (κ1) is 16.3. The molecule has 0 aliphatic rings. The van der Waals surface area contributed by atoms with E-state index in [1.165, 1.54) is 24.7 Å². The Kier molecular flexibility index (Phi) is 4.69. The fraction of sp³-hybridized carbons (Fsp3) is 0.167. The van der Waals surface area contributed by atoms with Crippen LogP contribution < -0.4 is 10.1 Å². The van der Waals surface area contributed by atoms with Gasteiger partial charge in [-0.3, -0.25) is 4.79 Å². The number of para-hydroxylation sites is 1. The lowest BCUT2D eigenvalue weighted by Gasteiger charge is -2.26. The number of nitrogens with one attached hydrogen (secondary N) is 1. The smallest absolute Gasteiger partial charge is 0.255 e. The first-order chi connectivity index (χ1) is 11.6. The Labute approximate surface area is 143 Å². The molecule has 2 N–H and O–H groups in total. The van der Waals surface area contributed by atoms with Crippen LogP contribution in [0.3, 0.4) is 0 Å². The van der Waals surface area contributed by atoms with Gasteiger partial charge in [0.15, 0.2) is 5.60 Å². The van der Waals surface area contributed by atoms with Crippen LogP contribution in [-0.2, 0) is 5.60 Å². The van der Waals surface area contributed by atoms with Gasteiger partial charge in [0.25, 0.3) is 5.91 Å². The van der Waals surface area contributed by atoms with Gasteiger partial charge in [0.2, 0.25) is 0 Å². The van der Waals surface area contributed by atoms with Crippen molar-refractivity contribution in [3.05, 3.63) is 76.4 Å². The minimum atomic E-state index is -1.43. The van der Waals surface area contributed by atoms with Crippen LogP contribution in [0.25, 0.3) is 0 Å². The summed E-state index contributed by atoms with van der Waals surface area (Å²) in [6.07, 6.45) is 1.49. The number of carbonyl (C=O) groups excluding carboxylic acids is 1. The first-order valence-corrected chi connectivity index (χ1v) is 8.29. The fourth-order valence-corrected chi connectivity index (χ4v) is 3.20. The van der Waals surface area contributed by atoms with Gasteiger partial charge in [-0.25, -0.2) is 0 Å². The number of hydrogen-bond acceptors (Lipinski definition) is 5. The lowest BCUT2D eigenvalue weighted by molar-refractivity contribution is 0.0528. The van der Waals surface area contributed by atoms with Crippen molar-refractivity contribution in [1.29, 1.82) is 0 Å². The van der Waals surface area contributed by atoms with Gasteiger partial charge in [-0.2, -0.15) is 11.3 Å². The van der Waals surface area contributed by atoms with Crippen LogP contribution in [0.4, 0.5) is 0 Å². The maximum Gasteiger partial charge on any atom is 0.255 e. The van der Waals surface area contributed by atoms with Crippen LogP contribution in [0.5, 0.6) is 5.75 Å². The highest BCUT2D eigenvalue weighted by Crippen LogP contribution is 2.31. The molecule has 1 atom stereocenters. The molecule has 0 aliphatic heterocycles. The lowest BCUT2D eigenvalue weighted by atomic mass is 9.93. The molecule has 0 saturated carbocycles. The molecule has 0 bridgehead atoms. The summed E-state index contributed by atoms with van der Waals surface area (Å²) in [4.78, 5) is 12.5. The van der Waals surface area contributed by atoms with Crippen LogP contribution in [0, 0.1) is 0 Å². The zero-order valence-electron chi connectivity index (χ0n) is 13.1. The molecule has 124 valence electrons.